The molecule has 0 aromatic rings. The highest BCUT2D eigenvalue weighted by atomic mass is 16.3. The van der Waals surface area contributed by atoms with Crippen LogP contribution >= 0.6 is 0 Å². The third-order valence-corrected chi connectivity index (χ3v) is 2.37. The fourth-order valence-corrected chi connectivity index (χ4v) is 1.44. The lowest BCUT2D eigenvalue weighted by atomic mass is 9.88. The number of unbranched alkanes of at least 4 members (excludes halogenated alkanes) is 1. The normalized spacial score (nSPS) is 13.9. The maximum atomic E-state index is 8.78. The van der Waals surface area contributed by atoms with Crippen molar-refractivity contribution in [1.29, 1.82) is 0 Å². The first-order chi connectivity index (χ1) is 5.22. The summed E-state index contributed by atoms with van der Waals surface area (Å²) >= 11 is 0. The van der Waals surface area contributed by atoms with Gasteiger partial charge in [0.05, 0.1) is 0 Å². The third kappa shape index (κ3) is 5.25. The standard InChI is InChI=1S/C10H22O/c1-4-5-6-10(7-8-11)9(2)3/h9-11H,4-8H2,1-3H3/t10-/m0/s1. The molecule has 0 fully saturated rings. The van der Waals surface area contributed by atoms with Gasteiger partial charge in [-0.3, -0.25) is 0 Å². The van der Waals surface area contributed by atoms with Crippen LogP contribution in [0.25, 0.3) is 0 Å². The van der Waals surface area contributed by atoms with Crippen molar-refractivity contribution < 1.29 is 5.11 Å². The van der Waals surface area contributed by atoms with Crippen molar-refractivity contribution in [3.8, 4) is 0 Å². The van der Waals surface area contributed by atoms with E-state index in [2.05, 4.69) is 20.8 Å². The Morgan fingerprint density at radius 1 is 1.18 bits per heavy atom. The molecule has 0 spiro atoms. The van der Waals surface area contributed by atoms with E-state index >= 15 is 0 Å². The first-order valence-electron chi connectivity index (χ1n) is 4.83. The predicted molar refractivity (Wildman–Crippen MR) is 49.6 cm³/mol. The molecule has 1 heteroatoms. The van der Waals surface area contributed by atoms with E-state index in [1.165, 1.54) is 19.3 Å². The number of hydrogen-bond acceptors (Lipinski definition) is 1. The van der Waals surface area contributed by atoms with Crippen LogP contribution in [0.1, 0.15) is 46.5 Å². The predicted octanol–water partition coefficient (Wildman–Crippen LogP) is 2.83. The minimum atomic E-state index is 0.354. The quantitative estimate of drug-likeness (QED) is 0.630. The van der Waals surface area contributed by atoms with E-state index in [1.807, 2.05) is 0 Å². The van der Waals surface area contributed by atoms with Gasteiger partial charge in [0.25, 0.3) is 0 Å². The number of rotatable bonds is 6. The van der Waals surface area contributed by atoms with Gasteiger partial charge in [-0.1, -0.05) is 40.0 Å². The highest BCUT2D eigenvalue weighted by Gasteiger charge is 2.11. The van der Waals surface area contributed by atoms with Crippen LogP contribution in [0, 0.1) is 11.8 Å². The fraction of sp³-hybridized carbons (Fsp3) is 1.00. The van der Waals surface area contributed by atoms with Crippen LogP contribution in [0.4, 0.5) is 0 Å². The second-order valence-corrected chi connectivity index (χ2v) is 3.66. The van der Waals surface area contributed by atoms with Crippen molar-refractivity contribution in [3.63, 3.8) is 0 Å². The van der Waals surface area contributed by atoms with Gasteiger partial charge in [-0.2, -0.15) is 0 Å². The molecular formula is C10H22O. The second kappa shape index (κ2) is 6.66. The Morgan fingerprint density at radius 2 is 1.82 bits per heavy atom. The summed E-state index contributed by atoms with van der Waals surface area (Å²) in [6.07, 6.45) is 4.85. The first kappa shape index (κ1) is 11.0. The van der Waals surface area contributed by atoms with E-state index in [0.717, 1.165) is 18.3 Å². The molecule has 1 N–H and O–H groups in total. The molecule has 0 bridgehead atoms. The van der Waals surface area contributed by atoms with E-state index in [9.17, 15) is 0 Å². The highest BCUT2D eigenvalue weighted by molar-refractivity contribution is 4.62. The smallest absolute Gasteiger partial charge is 0.0433 e. The van der Waals surface area contributed by atoms with Gasteiger partial charge < -0.3 is 5.11 Å². The molecule has 1 atom stereocenters. The molecule has 0 aliphatic heterocycles. The molecule has 0 aliphatic carbocycles. The Bertz CT molecular complexity index is 78.9. The molecule has 0 saturated carbocycles. The third-order valence-electron chi connectivity index (χ3n) is 2.37. The Labute approximate surface area is 70.8 Å². The van der Waals surface area contributed by atoms with Crippen LogP contribution in [0.5, 0.6) is 0 Å². The lowest BCUT2D eigenvalue weighted by molar-refractivity contribution is 0.221. The van der Waals surface area contributed by atoms with Gasteiger partial charge >= 0.3 is 0 Å². The summed E-state index contributed by atoms with van der Waals surface area (Å²) in [7, 11) is 0. The van der Waals surface area contributed by atoms with Crippen LogP contribution in [0.2, 0.25) is 0 Å². The zero-order valence-corrected chi connectivity index (χ0v) is 8.14. The molecular weight excluding hydrogens is 136 g/mol. The van der Waals surface area contributed by atoms with Gasteiger partial charge in [0.15, 0.2) is 0 Å². The molecule has 11 heavy (non-hydrogen) atoms. The van der Waals surface area contributed by atoms with Crippen LogP contribution in [0.3, 0.4) is 0 Å². The number of hydrogen-bond donors (Lipinski definition) is 1. The van der Waals surface area contributed by atoms with Crippen molar-refractivity contribution in [1.82, 2.24) is 0 Å². The van der Waals surface area contributed by atoms with E-state index < -0.39 is 0 Å². The number of aliphatic hydroxyl groups excluding tert-OH is 1. The molecule has 0 unspecified atom stereocenters. The molecule has 0 aliphatic rings. The van der Waals surface area contributed by atoms with Crippen molar-refractivity contribution in [3.05, 3.63) is 0 Å². The van der Waals surface area contributed by atoms with E-state index in [-0.39, 0.29) is 0 Å². The Balaban J connectivity index is 3.51. The summed E-state index contributed by atoms with van der Waals surface area (Å²) < 4.78 is 0. The largest absolute Gasteiger partial charge is 0.396 e. The van der Waals surface area contributed by atoms with Gasteiger partial charge in [-0.05, 0) is 18.3 Å². The maximum Gasteiger partial charge on any atom is 0.0433 e. The SMILES string of the molecule is CCCC[C@@H](CCO)C(C)C. The molecule has 0 rings (SSSR count). The Hall–Kier alpha value is -0.0400. The highest BCUT2D eigenvalue weighted by Crippen LogP contribution is 2.20. The zero-order chi connectivity index (χ0) is 8.69. The summed E-state index contributed by atoms with van der Waals surface area (Å²) in [5, 5.41) is 8.78. The van der Waals surface area contributed by atoms with Gasteiger partial charge in [-0.15, -0.1) is 0 Å². The maximum absolute atomic E-state index is 8.78. The fourth-order valence-electron chi connectivity index (χ4n) is 1.44. The van der Waals surface area contributed by atoms with Crippen LogP contribution < -0.4 is 0 Å². The van der Waals surface area contributed by atoms with Crippen LogP contribution in [0.15, 0.2) is 0 Å². The summed E-state index contributed by atoms with van der Waals surface area (Å²) in [6, 6.07) is 0. The van der Waals surface area contributed by atoms with Crippen molar-refractivity contribution >= 4 is 0 Å². The van der Waals surface area contributed by atoms with E-state index in [1.54, 1.807) is 0 Å². The lowest BCUT2D eigenvalue weighted by Gasteiger charge is -2.18. The monoisotopic (exact) mass is 158 g/mol. The Kier molecular flexibility index (Phi) is 6.63. The zero-order valence-electron chi connectivity index (χ0n) is 8.14. The Morgan fingerprint density at radius 3 is 2.18 bits per heavy atom. The molecule has 1 nitrogen and oxygen atoms in total. The second-order valence-electron chi connectivity index (χ2n) is 3.66. The topological polar surface area (TPSA) is 20.2 Å². The summed E-state index contributed by atoms with van der Waals surface area (Å²) in [5.74, 6) is 1.47. The molecule has 0 aromatic heterocycles. The first-order valence-corrected chi connectivity index (χ1v) is 4.83. The minimum Gasteiger partial charge on any atom is -0.396 e. The van der Waals surface area contributed by atoms with Gasteiger partial charge in [-0.25, -0.2) is 0 Å². The lowest BCUT2D eigenvalue weighted by Crippen LogP contribution is -2.10. The average Bonchev–Trinajstić information content (AvgIpc) is 1.97. The summed E-state index contributed by atoms with van der Waals surface area (Å²) in [5.41, 5.74) is 0. The van der Waals surface area contributed by atoms with Crippen molar-refractivity contribution in [2.75, 3.05) is 6.61 Å². The molecule has 0 aromatic carbocycles. The molecule has 0 amide bonds. The summed E-state index contributed by atoms with van der Waals surface area (Å²) in [4.78, 5) is 0. The van der Waals surface area contributed by atoms with E-state index in [0.29, 0.717) is 6.61 Å². The van der Waals surface area contributed by atoms with Crippen LogP contribution in [-0.4, -0.2) is 11.7 Å². The van der Waals surface area contributed by atoms with Crippen LogP contribution in [-0.2, 0) is 0 Å². The molecule has 68 valence electrons. The summed E-state index contributed by atoms with van der Waals surface area (Å²) in [6.45, 7) is 7.06. The molecule has 0 saturated heterocycles. The van der Waals surface area contributed by atoms with Gasteiger partial charge in [0, 0.05) is 6.61 Å². The minimum absolute atomic E-state index is 0.354. The number of aliphatic hydroxyl groups is 1. The van der Waals surface area contributed by atoms with Crippen molar-refractivity contribution in [2.24, 2.45) is 11.8 Å². The molecule has 0 heterocycles. The van der Waals surface area contributed by atoms with E-state index in [4.69, 9.17) is 5.11 Å². The van der Waals surface area contributed by atoms with Gasteiger partial charge in [0.2, 0.25) is 0 Å². The van der Waals surface area contributed by atoms with Gasteiger partial charge in [0.1, 0.15) is 0 Å². The average molecular weight is 158 g/mol. The molecule has 0 radical (unpaired) electrons. The van der Waals surface area contributed by atoms with Crippen molar-refractivity contribution in [2.45, 2.75) is 46.5 Å².